The largest absolute Gasteiger partial charge is 0.377 e. The van der Waals surface area contributed by atoms with E-state index < -0.39 is 10.0 Å². The second kappa shape index (κ2) is 9.97. The Hall–Kier alpha value is -2.20. The summed E-state index contributed by atoms with van der Waals surface area (Å²) in [6, 6.07) is 13.1. The first-order chi connectivity index (χ1) is 15.8. The highest BCUT2D eigenvalue weighted by Gasteiger charge is 2.23. The van der Waals surface area contributed by atoms with Crippen LogP contribution in [0, 0.1) is 13.8 Å². The van der Waals surface area contributed by atoms with Gasteiger partial charge in [0.15, 0.2) is 11.0 Å². The molecule has 0 spiro atoms. The van der Waals surface area contributed by atoms with Crippen molar-refractivity contribution in [2.24, 2.45) is 0 Å². The molecule has 0 aliphatic carbocycles. The third kappa shape index (κ3) is 5.01. The van der Waals surface area contributed by atoms with Gasteiger partial charge in [0.2, 0.25) is 10.0 Å². The van der Waals surface area contributed by atoms with Gasteiger partial charge >= 0.3 is 0 Å². The second-order valence-corrected chi connectivity index (χ2v) is 11.6. The summed E-state index contributed by atoms with van der Waals surface area (Å²) in [5.74, 6) is 1.42. The van der Waals surface area contributed by atoms with E-state index in [1.54, 1.807) is 30.0 Å². The third-order valence-corrected chi connectivity index (χ3v) is 8.71. The van der Waals surface area contributed by atoms with E-state index in [-0.39, 0.29) is 11.0 Å². The lowest BCUT2D eigenvalue weighted by Gasteiger charge is -2.22. The van der Waals surface area contributed by atoms with E-state index >= 15 is 0 Å². The number of sulfonamides is 1. The zero-order valence-corrected chi connectivity index (χ0v) is 21.1. The fourth-order valence-electron chi connectivity index (χ4n) is 4.02. The quantitative estimate of drug-likeness (QED) is 0.459. The Morgan fingerprint density at radius 3 is 2.48 bits per heavy atom. The third-order valence-electron chi connectivity index (χ3n) is 5.84. The summed E-state index contributed by atoms with van der Waals surface area (Å²) < 4.78 is 34.6. The molecule has 2 aromatic carbocycles. The van der Waals surface area contributed by atoms with Gasteiger partial charge in [0.25, 0.3) is 0 Å². The summed E-state index contributed by atoms with van der Waals surface area (Å²) in [7, 11) is -0.503. The molecule has 0 bridgehead atoms. The summed E-state index contributed by atoms with van der Waals surface area (Å²) in [5.41, 5.74) is 3.92. The molecule has 1 aliphatic heterocycles. The molecule has 0 unspecified atom stereocenters. The molecule has 9 heteroatoms. The van der Waals surface area contributed by atoms with E-state index in [0.29, 0.717) is 11.4 Å². The Morgan fingerprint density at radius 1 is 1.09 bits per heavy atom. The predicted molar refractivity (Wildman–Crippen MR) is 131 cm³/mol. The summed E-state index contributed by atoms with van der Waals surface area (Å²) in [5, 5.41) is 9.82. The monoisotopic (exact) mass is 486 g/mol. The smallest absolute Gasteiger partial charge is 0.242 e. The Labute approximate surface area is 200 Å². The van der Waals surface area contributed by atoms with Gasteiger partial charge in [-0.15, -0.1) is 10.2 Å². The van der Waals surface area contributed by atoms with Gasteiger partial charge < -0.3 is 4.74 Å². The van der Waals surface area contributed by atoms with Gasteiger partial charge in [0.05, 0.1) is 16.7 Å². The number of benzene rings is 2. The van der Waals surface area contributed by atoms with Crippen molar-refractivity contribution in [3.63, 3.8) is 0 Å². The van der Waals surface area contributed by atoms with E-state index in [2.05, 4.69) is 40.7 Å². The number of aromatic nitrogens is 3. The molecular weight excluding hydrogens is 456 g/mol. The van der Waals surface area contributed by atoms with Crippen LogP contribution < -0.4 is 0 Å². The summed E-state index contributed by atoms with van der Waals surface area (Å²) in [6.07, 6.45) is 3.58. The molecule has 0 radical (unpaired) electrons. The van der Waals surface area contributed by atoms with Crippen LogP contribution in [0.1, 0.15) is 30.4 Å². The summed E-state index contributed by atoms with van der Waals surface area (Å²) in [4.78, 5) is 0.228. The van der Waals surface area contributed by atoms with Gasteiger partial charge in [0.1, 0.15) is 0 Å². The van der Waals surface area contributed by atoms with Crippen LogP contribution in [0.5, 0.6) is 0 Å². The molecule has 0 amide bonds. The van der Waals surface area contributed by atoms with E-state index in [1.165, 1.54) is 24.8 Å². The van der Waals surface area contributed by atoms with Crippen molar-refractivity contribution in [3.8, 4) is 17.1 Å². The summed E-state index contributed by atoms with van der Waals surface area (Å²) in [6.45, 7) is 4.95. The second-order valence-electron chi connectivity index (χ2n) is 8.50. The van der Waals surface area contributed by atoms with Gasteiger partial charge in [-0.05, 0) is 56.4 Å². The Balaban J connectivity index is 1.80. The van der Waals surface area contributed by atoms with Gasteiger partial charge in [-0.1, -0.05) is 42.1 Å². The Kier molecular flexibility index (Phi) is 7.23. The molecule has 176 valence electrons. The number of nitrogens with zero attached hydrogens (tertiary/aromatic N) is 4. The molecule has 0 N–H and O–H groups in total. The lowest BCUT2D eigenvalue weighted by molar-refractivity contribution is 0.0315. The number of hydrogen-bond donors (Lipinski definition) is 0. The molecular formula is C24H30N4O3S2. The highest BCUT2D eigenvalue weighted by atomic mass is 32.2. The summed E-state index contributed by atoms with van der Waals surface area (Å²) >= 11 is 1.63. The predicted octanol–water partition coefficient (Wildman–Crippen LogP) is 4.46. The average molecular weight is 487 g/mol. The lowest BCUT2D eigenvalue weighted by atomic mass is 10.1. The Morgan fingerprint density at radius 2 is 1.82 bits per heavy atom. The van der Waals surface area contributed by atoms with Crippen molar-refractivity contribution >= 4 is 21.8 Å². The van der Waals surface area contributed by atoms with Crippen molar-refractivity contribution < 1.29 is 13.2 Å². The fourth-order valence-corrected chi connectivity index (χ4v) is 5.97. The van der Waals surface area contributed by atoms with Crippen molar-refractivity contribution in [3.05, 3.63) is 53.6 Å². The molecule has 7 nitrogen and oxygen atoms in total. The zero-order valence-electron chi connectivity index (χ0n) is 19.5. The molecule has 3 aromatic rings. The molecule has 33 heavy (non-hydrogen) atoms. The van der Waals surface area contributed by atoms with E-state index in [0.717, 1.165) is 47.2 Å². The molecule has 1 aromatic heterocycles. The number of hydrogen-bond acceptors (Lipinski definition) is 6. The SMILES string of the molecule is Cc1cccc(C)c1-n1c(SC[C@@H]2CCCCO2)nnc1-c1cccc(S(=O)(=O)N(C)C)c1. The van der Waals surface area contributed by atoms with Crippen LogP contribution >= 0.6 is 11.8 Å². The minimum atomic E-state index is -3.57. The van der Waals surface area contributed by atoms with Gasteiger partial charge in [-0.2, -0.15) is 0 Å². The minimum absolute atomic E-state index is 0.212. The van der Waals surface area contributed by atoms with Crippen molar-refractivity contribution in [1.82, 2.24) is 19.1 Å². The normalized spacial score (nSPS) is 16.9. The number of para-hydroxylation sites is 1. The minimum Gasteiger partial charge on any atom is -0.377 e. The van der Waals surface area contributed by atoms with E-state index in [4.69, 9.17) is 4.74 Å². The lowest BCUT2D eigenvalue weighted by Crippen LogP contribution is -2.22. The maximum Gasteiger partial charge on any atom is 0.242 e. The first-order valence-electron chi connectivity index (χ1n) is 11.1. The van der Waals surface area contributed by atoms with Gasteiger partial charge in [0, 0.05) is 32.0 Å². The standard InChI is InChI=1S/C24H30N4O3S2/c1-17-9-7-10-18(2)22(17)28-23(19-11-8-13-21(15-19)33(29,30)27(3)4)25-26-24(28)32-16-20-12-5-6-14-31-20/h7-11,13,15,20H,5-6,12,14,16H2,1-4H3/t20-/m0/s1. The maximum absolute atomic E-state index is 12.7. The van der Waals surface area contributed by atoms with Crippen LogP contribution in [0.2, 0.25) is 0 Å². The van der Waals surface area contributed by atoms with E-state index in [1.807, 2.05) is 12.1 Å². The van der Waals surface area contributed by atoms with Crippen molar-refractivity contribution in [2.45, 2.75) is 49.3 Å². The van der Waals surface area contributed by atoms with Crippen LogP contribution in [0.3, 0.4) is 0 Å². The maximum atomic E-state index is 12.7. The van der Waals surface area contributed by atoms with E-state index in [9.17, 15) is 8.42 Å². The molecule has 4 rings (SSSR count). The van der Waals surface area contributed by atoms with Crippen LogP contribution in [-0.4, -0.2) is 60.0 Å². The highest BCUT2D eigenvalue weighted by Crippen LogP contribution is 2.33. The topological polar surface area (TPSA) is 77.3 Å². The van der Waals surface area contributed by atoms with Crippen LogP contribution in [-0.2, 0) is 14.8 Å². The number of rotatable bonds is 7. The number of aryl methyl sites for hydroxylation is 2. The molecule has 2 heterocycles. The number of thioether (sulfide) groups is 1. The van der Waals surface area contributed by atoms with Crippen molar-refractivity contribution in [2.75, 3.05) is 26.5 Å². The molecule has 1 fully saturated rings. The fraction of sp³-hybridized carbons (Fsp3) is 0.417. The van der Waals surface area contributed by atoms with Gasteiger partial charge in [-0.25, -0.2) is 12.7 Å². The van der Waals surface area contributed by atoms with Crippen molar-refractivity contribution in [1.29, 1.82) is 0 Å². The first kappa shape index (κ1) is 23.9. The Bertz CT molecular complexity index is 1210. The van der Waals surface area contributed by atoms with Crippen LogP contribution in [0.15, 0.2) is 52.5 Å². The zero-order chi connectivity index (χ0) is 23.6. The average Bonchev–Trinajstić information content (AvgIpc) is 3.22. The first-order valence-corrected chi connectivity index (χ1v) is 13.5. The molecule has 1 aliphatic rings. The van der Waals surface area contributed by atoms with Crippen LogP contribution in [0.25, 0.3) is 17.1 Å². The molecule has 1 saturated heterocycles. The molecule has 0 saturated carbocycles. The van der Waals surface area contributed by atoms with Gasteiger partial charge in [-0.3, -0.25) is 4.57 Å². The van der Waals surface area contributed by atoms with Crippen LogP contribution in [0.4, 0.5) is 0 Å². The molecule has 1 atom stereocenters. The highest BCUT2D eigenvalue weighted by molar-refractivity contribution is 7.99. The number of ether oxygens (including phenoxy) is 1.